The topological polar surface area (TPSA) is 63.4 Å². The fraction of sp³-hybridized carbons (Fsp3) is 0.200. The highest BCUT2D eigenvalue weighted by Crippen LogP contribution is 2.05. The molecule has 2 amide bonds. The Hall–Kier alpha value is -1.84. The summed E-state index contributed by atoms with van der Waals surface area (Å²) in [5, 5.41) is 0. The Morgan fingerprint density at radius 1 is 1.07 bits per heavy atom. The van der Waals surface area contributed by atoms with Crippen molar-refractivity contribution in [2.24, 2.45) is 5.73 Å². The molecule has 1 rings (SSSR count). The van der Waals surface area contributed by atoms with Gasteiger partial charge in [-0.3, -0.25) is 9.59 Å². The van der Waals surface area contributed by atoms with E-state index in [9.17, 15) is 9.59 Å². The first-order valence-electron chi connectivity index (χ1n) is 4.14. The van der Waals surface area contributed by atoms with Crippen LogP contribution < -0.4 is 5.73 Å². The third-order valence-corrected chi connectivity index (χ3v) is 1.82. The number of hydrogen-bond acceptors (Lipinski definition) is 2. The van der Waals surface area contributed by atoms with E-state index in [0.717, 1.165) is 0 Å². The van der Waals surface area contributed by atoms with Gasteiger partial charge in [0, 0.05) is 25.2 Å². The van der Waals surface area contributed by atoms with Crippen molar-refractivity contribution in [3.05, 3.63) is 35.4 Å². The zero-order valence-corrected chi connectivity index (χ0v) is 8.15. The van der Waals surface area contributed by atoms with Crippen LogP contribution in [0.25, 0.3) is 0 Å². The molecule has 4 heteroatoms. The minimum atomic E-state index is -0.492. The van der Waals surface area contributed by atoms with Crippen molar-refractivity contribution in [1.82, 2.24) is 4.90 Å². The van der Waals surface area contributed by atoms with Gasteiger partial charge in [-0.2, -0.15) is 0 Å². The largest absolute Gasteiger partial charge is 0.366 e. The molecular weight excluding hydrogens is 180 g/mol. The zero-order valence-electron chi connectivity index (χ0n) is 8.15. The van der Waals surface area contributed by atoms with Gasteiger partial charge in [0.15, 0.2) is 0 Å². The van der Waals surface area contributed by atoms with Crippen LogP contribution >= 0.6 is 0 Å². The minimum absolute atomic E-state index is 0.0963. The van der Waals surface area contributed by atoms with Crippen LogP contribution in [0.1, 0.15) is 20.7 Å². The van der Waals surface area contributed by atoms with Gasteiger partial charge in [-0.25, -0.2) is 0 Å². The summed E-state index contributed by atoms with van der Waals surface area (Å²) >= 11 is 0. The Labute approximate surface area is 82.3 Å². The van der Waals surface area contributed by atoms with Crippen molar-refractivity contribution < 1.29 is 9.59 Å². The van der Waals surface area contributed by atoms with Crippen molar-refractivity contribution in [1.29, 1.82) is 0 Å². The van der Waals surface area contributed by atoms with Gasteiger partial charge >= 0.3 is 0 Å². The molecule has 0 heterocycles. The molecule has 0 unspecified atom stereocenters. The quantitative estimate of drug-likeness (QED) is 0.741. The van der Waals surface area contributed by atoms with E-state index in [4.69, 9.17) is 5.73 Å². The van der Waals surface area contributed by atoms with E-state index in [1.807, 2.05) is 0 Å². The molecule has 0 saturated carbocycles. The maximum atomic E-state index is 11.4. The molecular formula is C10H12N2O2. The number of hydrogen-bond donors (Lipinski definition) is 1. The molecule has 0 aliphatic rings. The highest BCUT2D eigenvalue weighted by molar-refractivity contribution is 5.96. The number of nitrogens with two attached hydrogens (primary N) is 1. The SMILES string of the molecule is CN(C)C(=O)c1ccc(C(N)=O)cc1. The van der Waals surface area contributed by atoms with Crippen molar-refractivity contribution in [2.75, 3.05) is 14.1 Å². The van der Waals surface area contributed by atoms with E-state index >= 15 is 0 Å². The third kappa shape index (κ3) is 2.10. The van der Waals surface area contributed by atoms with Crippen LogP contribution in [0.15, 0.2) is 24.3 Å². The molecule has 0 spiro atoms. The molecule has 14 heavy (non-hydrogen) atoms. The molecule has 0 saturated heterocycles. The molecule has 0 bridgehead atoms. The maximum absolute atomic E-state index is 11.4. The van der Waals surface area contributed by atoms with Crippen LogP contribution in [-0.2, 0) is 0 Å². The number of benzene rings is 1. The smallest absolute Gasteiger partial charge is 0.253 e. The lowest BCUT2D eigenvalue weighted by Gasteiger charge is -2.09. The average molecular weight is 192 g/mol. The van der Waals surface area contributed by atoms with Crippen LogP contribution in [0.2, 0.25) is 0 Å². The van der Waals surface area contributed by atoms with Crippen LogP contribution in [0, 0.1) is 0 Å². The fourth-order valence-electron chi connectivity index (χ4n) is 1.04. The summed E-state index contributed by atoms with van der Waals surface area (Å²) in [6, 6.07) is 6.25. The van der Waals surface area contributed by atoms with Crippen molar-refractivity contribution in [2.45, 2.75) is 0 Å². The molecule has 2 N–H and O–H groups in total. The first-order chi connectivity index (χ1) is 6.52. The summed E-state index contributed by atoms with van der Waals surface area (Å²) in [7, 11) is 3.34. The first-order valence-corrected chi connectivity index (χ1v) is 4.14. The summed E-state index contributed by atoms with van der Waals surface area (Å²) < 4.78 is 0. The molecule has 0 fully saturated rings. The van der Waals surface area contributed by atoms with E-state index in [2.05, 4.69) is 0 Å². The lowest BCUT2D eigenvalue weighted by Crippen LogP contribution is -2.21. The van der Waals surface area contributed by atoms with E-state index in [-0.39, 0.29) is 5.91 Å². The molecule has 4 nitrogen and oxygen atoms in total. The number of primary amides is 1. The lowest BCUT2D eigenvalue weighted by molar-refractivity contribution is 0.0827. The minimum Gasteiger partial charge on any atom is -0.366 e. The van der Waals surface area contributed by atoms with Gasteiger partial charge in [0.05, 0.1) is 0 Å². The Morgan fingerprint density at radius 2 is 1.50 bits per heavy atom. The summed E-state index contributed by atoms with van der Waals surface area (Å²) in [5.74, 6) is -0.588. The lowest BCUT2D eigenvalue weighted by atomic mass is 10.1. The second-order valence-corrected chi connectivity index (χ2v) is 3.14. The second kappa shape index (κ2) is 3.91. The Morgan fingerprint density at radius 3 is 1.86 bits per heavy atom. The molecule has 0 radical (unpaired) electrons. The van der Waals surface area contributed by atoms with Crippen molar-refractivity contribution in [3.8, 4) is 0 Å². The third-order valence-electron chi connectivity index (χ3n) is 1.82. The van der Waals surface area contributed by atoms with Gasteiger partial charge in [0.2, 0.25) is 5.91 Å². The molecule has 0 atom stereocenters. The number of nitrogens with zero attached hydrogens (tertiary/aromatic N) is 1. The highest BCUT2D eigenvalue weighted by Gasteiger charge is 2.07. The van der Waals surface area contributed by atoms with Gasteiger partial charge in [0.1, 0.15) is 0 Å². The van der Waals surface area contributed by atoms with E-state index in [0.29, 0.717) is 11.1 Å². The molecule has 74 valence electrons. The summed E-state index contributed by atoms with van der Waals surface area (Å²) in [6.45, 7) is 0. The second-order valence-electron chi connectivity index (χ2n) is 3.14. The number of carbonyl (C=O) groups is 2. The Kier molecular flexibility index (Phi) is 2.86. The Bertz CT molecular complexity index is 355. The molecule has 0 aliphatic carbocycles. The monoisotopic (exact) mass is 192 g/mol. The summed E-state index contributed by atoms with van der Waals surface area (Å²) in [6.07, 6.45) is 0. The van der Waals surface area contributed by atoms with E-state index < -0.39 is 5.91 Å². The average Bonchev–Trinajstić information content (AvgIpc) is 2.16. The Balaban J connectivity index is 2.94. The fourth-order valence-corrected chi connectivity index (χ4v) is 1.04. The number of amides is 2. The molecule has 0 aliphatic heterocycles. The van der Waals surface area contributed by atoms with Gasteiger partial charge in [-0.1, -0.05) is 0 Å². The van der Waals surface area contributed by atoms with Gasteiger partial charge < -0.3 is 10.6 Å². The number of rotatable bonds is 2. The number of carbonyl (C=O) groups excluding carboxylic acids is 2. The summed E-state index contributed by atoms with van der Waals surface area (Å²) in [5.41, 5.74) is 6.01. The van der Waals surface area contributed by atoms with E-state index in [1.165, 1.54) is 4.90 Å². The van der Waals surface area contributed by atoms with Crippen molar-refractivity contribution in [3.63, 3.8) is 0 Å². The molecule has 1 aromatic carbocycles. The maximum Gasteiger partial charge on any atom is 0.253 e. The normalized spacial score (nSPS) is 9.57. The highest BCUT2D eigenvalue weighted by atomic mass is 16.2. The van der Waals surface area contributed by atoms with Crippen LogP contribution in [-0.4, -0.2) is 30.8 Å². The van der Waals surface area contributed by atoms with Gasteiger partial charge in [0.25, 0.3) is 5.91 Å². The predicted octanol–water partition coefficient (Wildman–Crippen LogP) is 0.487. The predicted molar refractivity (Wildman–Crippen MR) is 53.0 cm³/mol. The van der Waals surface area contributed by atoms with Crippen LogP contribution in [0.3, 0.4) is 0 Å². The standard InChI is InChI=1S/C10H12N2O2/c1-12(2)10(14)8-5-3-7(4-6-8)9(11)13/h3-6H,1-2H3,(H2,11,13). The molecule has 0 aromatic heterocycles. The first kappa shape index (κ1) is 10.2. The van der Waals surface area contributed by atoms with Crippen LogP contribution in [0.5, 0.6) is 0 Å². The van der Waals surface area contributed by atoms with Crippen LogP contribution in [0.4, 0.5) is 0 Å². The van der Waals surface area contributed by atoms with Gasteiger partial charge in [-0.05, 0) is 24.3 Å². The van der Waals surface area contributed by atoms with E-state index in [1.54, 1.807) is 38.4 Å². The summed E-state index contributed by atoms with van der Waals surface area (Å²) in [4.78, 5) is 23.6. The zero-order chi connectivity index (χ0) is 10.7. The van der Waals surface area contributed by atoms with Crippen molar-refractivity contribution >= 4 is 11.8 Å². The van der Waals surface area contributed by atoms with Gasteiger partial charge in [-0.15, -0.1) is 0 Å². The molecule has 1 aromatic rings.